The fourth-order valence-electron chi connectivity index (χ4n) is 2.51. The molecular formula is C18H24N2O6. The van der Waals surface area contributed by atoms with Gasteiger partial charge in [0, 0.05) is 12.2 Å². The lowest BCUT2D eigenvalue weighted by Gasteiger charge is -2.30. The van der Waals surface area contributed by atoms with Crippen molar-refractivity contribution in [1.82, 2.24) is 4.90 Å². The summed E-state index contributed by atoms with van der Waals surface area (Å²) in [6, 6.07) is 8.16. The maximum absolute atomic E-state index is 12.5. The molecule has 1 aromatic carbocycles. The van der Waals surface area contributed by atoms with E-state index in [0.717, 1.165) is 0 Å². The summed E-state index contributed by atoms with van der Waals surface area (Å²) >= 11 is 0. The van der Waals surface area contributed by atoms with Crippen molar-refractivity contribution in [2.24, 2.45) is 0 Å². The van der Waals surface area contributed by atoms with Crippen LogP contribution in [0.1, 0.15) is 6.92 Å². The highest BCUT2D eigenvalue weighted by molar-refractivity contribution is 5.99. The molecule has 142 valence electrons. The van der Waals surface area contributed by atoms with Gasteiger partial charge in [-0.15, -0.1) is 0 Å². The van der Waals surface area contributed by atoms with Crippen LogP contribution < -0.4 is 4.90 Å². The number of hydrogen-bond acceptors (Lipinski definition) is 7. The van der Waals surface area contributed by atoms with Gasteiger partial charge in [0.1, 0.15) is 12.6 Å². The third kappa shape index (κ3) is 5.53. The van der Waals surface area contributed by atoms with Crippen LogP contribution in [0.2, 0.25) is 0 Å². The molecule has 1 aliphatic rings. The lowest BCUT2D eigenvalue weighted by atomic mass is 10.2. The van der Waals surface area contributed by atoms with E-state index in [9.17, 15) is 14.4 Å². The Balaban J connectivity index is 1.99. The summed E-state index contributed by atoms with van der Waals surface area (Å²) in [6.07, 6.45) is 0. The Morgan fingerprint density at radius 2 is 1.96 bits per heavy atom. The molecule has 0 aromatic heterocycles. The first-order chi connectivity index (χ1) is 12.5. The zero-order chi connectivity index (χ0) is 18.9. The normalized spacial score (nSPS) is 17.4. The number of carbonyl (C=O) groups excluding carboxylic acids is 3. The van der Waals surface area contributed by atoms with Crippen LogP contribution in [0, 0.1) is 0 Å². The minimum absolute atomic E-state index is 0.221. The van der Waals surface area contributed by atoms with Gasteiger partial charge >= 0.3 is 11.9 Å². The standard InChI is InChI=1S/C18H24N2O6/c1-3-25-17(22)11-20(14-7-5-4-6-8-14)16(21)13-26-18(23)15-12-24-10-9-19(15)2/h4-8,15H,3,9-13H2,1-2H3/t15-/m1/s1. The van der Waals surface area contributed by atoms with E-state index in [1.165, 1.54) is 4.90 Å². The zero-order valence-corrected chi connectivity index (χ0v) is 15.1. The van der Waals surface area contributed by atoms with E-state index in [0.29, 0.717) is 18.8 Å². The van der Waals surface area contributed by atoms with Crippen LogP contribution in [0.25, 0.3) is 0 Å². The van der Waals surface area contributed by atoms with Gasteiger partial charge in [-0.1, -0.05) is 18.2 Å². The van der Waals surface area contributed by atoms with Crippen LogP contribution in [0.3, 0.4) is 0 Å². The molecule has 1 amide bonds. The van der Waals surface area contributed by atoms with E-state index in [4.69, 9.17) is 14.2 Å². The number of amides is 1. The van der Waals surface area contributed by atoms with Gasteiger partial charge < -0.3 is 14.2 Å². The number of para-hydroxylation sites is 1. The van der Waals surface area contributed by atoms with Crippen molar-refractivity contribution in [2.75, 3.05) is 51.5 Å². The van der Waals surface area contributed by atoms with Crippen LogP contribution >= 0.6 is 0 Å². The average Bonchev–Trinajstić information content (AvgIpc) is 2.65. The Bertz CT molecular complexity index is 621. The largest absolute Gasteiger partial charge is 0.465 e. The first-order valence-electron chi connectivity index (χ1n) is 8.48. The third-order valence-corrected chi connectivity index (χ3v) is 3.97. The fourth-order valence-corrected chi connectivity index (χ4v) is 2.51. The molecule has 1 saturated heterocycles. The van der Waals surface area contributed by atoms with Crippen LogP contribution in [0.15, 0.2) is 30.3 Å². The smallest absolute Gasteiger partial charge is 0.326 e. The van der Waals surface area contributed by atoms with Crippen molar-refractivity contribution in [3.8, 4) is 0 Å². The number of rotatable bonds is 7. The molecule has 0 N–H and O–H groups in total. The predicted molar refractivity (Wildman–Crippen MR) is 93.6 cm³/mol. The monoisotopic (exact) mass is 364 g/mol. The number of ether oxygens (including phenoxy) is 3. The molecule has 0 bridgehead atoms. The van der Waals surface area contributed by atoms with Crippen molar-refractivity contribution in [3.05, 3.63) is 30.3 Å². The molecule has 1 heterocycles. The molecule has 0 radical (unpaired) electrons. The number of carbonyl (C=O) groups is 3. The number of esters is 2. The highest BCUT2D eigenvalue weighted by atomic mass is 16.5. The zero-order valence-electron chi connectivity index (χ0n) is 15.1. The number of likely N-dealkylation sites (N-methyl/N-ethyl adjacent to an activating group) is 1. The minimum atomic E-state index is -0.535. The van der Waals surface area contributed by atoms with Crippen molar-refractivity contribution < 1.29 is 28.6 Å². The van der Waals surface area contributed by atoms with Crippen molar-refractivity contribution in [2.45, 2.75) is 13.0 Å². The van der Waals surface area contributed by atoms with Gasteiger partial charge in [0.2, 0.25) is 0 Å². The van der Waals surface area contributed by atoms with Crippen LogP contribution in [-0.4, -0.2) is 75.4 Å². The molecule has 0 aliphatic carbocycles. The number of hydrogen-bond donors (Lipinski definition) is 0. The second kappa shape index (κ2) is 9.88. The summed E-state index contributed by atoms with van der Waals surface area (Å²) in [4.78, 5) is 39.6. The average molecular weight is 364 g/mol. The Morgan fingerprint density at radius 1 is 1.23 bits per heavy atom. The Kier molecular flexibility index (Phi) is 7.55. The molecule has 1 fully saturated rings. The van der Waals surface area contributed by atoms with Gasteiger partial charge in [-0.25, -0.2) is 0 Å². The highest BCUT2D eigenvalue weighted by Gasteiger charge is 2.29. The van der Waals surface area contributed by atoms with Crippen LogP contribution in [-0.2, 0) is 28.6 Å². The molecule has 1 aromatic rings. The Hall–Kier alpha value is -2.45. The van der Waals surface area contributed by atoms with Crippen LogP contribution in [0.5, 0.6) is 0 Å². The highest BCUT2D eigenvalue weighted by Crippen LogP contribution is 2.14. The molecular weight excluding hydrogens is 340 g/mol. The maximum atomic E-state index is 12.5. The Labute approximate surface area is 152 Å². The van der Waals surface area contributed by atoms with Crippen LogP contribution in [0.4, 0.5) is 5.69 Å². The van der Waals surface area contributed by atoms with Crippen molar-refractivity contribution in [1.29, 1.82) is 0 Å². The lowest BCUT2D eigenvalue weighted by molar-refractivity contribution is -0.157. The molecule has 1 atom stereocenters. The summed E-state index contributed by atoms with van der Waals surface area (Å²) in [5.41, 5.74) is 0.528. The fraction of sp³-hybridized carbons (Fsp3) is 0.500. The molecule has 8 heteroatoms. The summed E-state index contributed by atoms with van der Waals surface area (Å²) in [5, 5.41) is 0. The summed E-state index contributed by atoms with van der Waals surface area (Å²) in [6.45, 7) is 2.61. The quantitative estimate of drug-likeness (QED) is 0.650. The number of anilines is 1. The third-order valence-electron chi connectivity index (χ3n) is 3.97. The molecule has 2 rings (SSSR count). The van der Waals surface area contributed by atoms with E-state index in [2.05, 4.69) is 0 Å². The van der Waals surface area contributed by atoms with Gasteiger partial charge in [0.15, 0.2) is 6.61 Å². The minimum Gasteiger partial charge on any atom is -0.465 e. The second-order valence-corrected chi connectivity index (χ2v) is 5.80. The van der Waals surface area contributed by atoms with Gasteiger partial charge in [-0.05, 0) is 26.1 Å². The number of nitrogens with zero attached hydrogens (tertiary/aromatic N) is 2. The Morgan fingerprint density at radius 3 is 2.62 bits per heavy atom. The molecule has 8 nitrogen and oxygen atoms in total. The first-order valence-corrected chi connectivity index (χ1v) is 8.48. The summed E-state index contributed by atoms with van der Waals surface area (Å²) in [7, 11) is 1.80. The van der Waals surface area contributed by atoms with E-state index in [-0.39, 0.29) is 19.8 Å². The second-order valence-electron chi connectivity index (χ2n) is 5.80. The number of benzene rings is 1. The van der Waals surface area contributed by atoms with Gasteiger partial charge in [0.25, 0.3) is 5.91 Å². The van der Waals surface area contributed by atoms with E-state index < -0.39 is 30.5 Å². The van der Waals surface area contributed by atoms with Gasteiger partial charge in [0.05, 0.1) is 19.8 Å². The topological polar surface area (TPSA) is 85.4 Å². The predicted octanol–water partition coefficient (Wildman–Crippen LogP) is 0.457. The van der Waals surface area contributed by atoms with E-state index in [1.807, 2.05) is 4.90 Å². The first kappa shape index (κ1) is 19.9. The summed E-state index contributed by atoms with van der Waals surface area (Å²) < 4.78 is 15.3. The van der Waals surface area contributed by atoms with Crippen molar-refractivity contribution in [3.63, 3.8) is 0 Å². The van der Waals surface area contributed by atoms with Crippen molar-refractivity contribution >= 4 is 23.5 Å². The molecule has 1 aliphatic heterocycles. The van der Waals surface area contributed by atoms with Gasteiger partial charge in [-0.2, -0.15) is 0 Å². The van der Waals surface area contributed by atoms with E-state index in [1.54, 1.807) is 44.3 Å². The molecule has 26 heavy (non-hydrogen) atoms. The molecule has 0 saturated carbocycles. The maximum Gasteiger partial charge on any atom is 0.326 e. The van der Waals surface area contributed by atoms with E-state index >= 15 is 0 Å². The van der Waals surface area contributed by atoms with Gasteiger partial charge in [-0.3, -0.25) is 24.2 Å². The molecule has 0 unspecified atom stereocenters. The number of morpholine rings is 1. The SMILES string of the molecule is CCOC(=O)CN(C(=O)COC(=O)[C@H]1COCCN1C)c1ccccc1. The summed E-state index contributed by atoms with van der Waals surface area (Å²) in [5.74, 6) is -1.56. The molecule has 0 spiro atoms. The lowest BCUT2D eigenvalue weighted by Crippen LogP contribution is -2.49.